The lowest BCUT2D eigenvalue weighted by atomic mass is 9.48. The number of rotatable bonds is 6. The molecule has 0 aromatic rings. The Labute approximate surface area is 127 Å². The number of hydrogen-bond donors (Lipinski definition) is 1. The second-order valence-electron chi connectivity index (χ2n) is 7.24. The molecule has 0 amide bonds. The van der Waals surface area contributed by atoms with Gasteiger partial charge in [-0.1, -0.05) is 25.5 Å². The van der Waals surface area contributed by atoms with Gasteiger partial charge in [0.2, 0.25) is 0 Å². The molecule has 2 bridgehead atoms. The van der Waals surface area contributed by atoms with Crippen molar-refractivity contribution in [3.05, 3.63) is 11.6 Å². The minimum absolute atomic E-state index is 0.322. The minimum atomic E-state index is 0.322. The lowest BCUT2D eigenvalue weighted by Gasteiger charge is -2.56. The number of aliphatic hydroxyl groups is 1. The number of aliphatic hydroxyl groups excluding tert-OH is 1. The molecule has 0 radical (unpaired) electrons. The Hall–Kier alpha value is -0.420. The molecule has 21 heavy (non-hydrogen) atoms. The Morgan fingerprint density at radius 2 is 1.86 bits per heavy atom. The van der Waals surface area contributed by atoms with Crippen LogP contribution in [-0.4, -0.2) is 50.3 Å². The summed E-state index contributed by atoms with van der Waals surface area (Å²) in [5.41, 5.74) is 2.05. The third-order valence-electron chi connectivity index (χ3n) is 5.40. The van der Waals surface area contributed by atoms with Gasteiger partial charge in [0.1, 0.15) is 12.2 Å². The van der Waals surface area contributed by atoms with Gasteiger partial charge in [0, 0.05) is 6.61 Å². The van der Waals surface area contributed by atoms with Crippen molar-refractivity contribution < 1.29 is 19.3 Å². The van der Waals surface area contributed by atoms with Crippen LogP contribution in [0.2, 0.25) is 0 Å². The molecular weight excluding hydrogens is 268 g/mol. The molecule has 4 atom stereocenters. The van der Waals surface area contributed by atoms with Gasteiger partial charge in [0.05, 0.1) is 26.4 Å². The summed E-state index contributed by atoms with van der Waals surface area (Å²) >= 11 is 0. The fourth-order valence-corrected chi connectivity index (χ4v) is 3.55. The first-order valence-electron chi connectivity index (χ1n) is 8.22. The van der Waals surface area contributed by atoms with Crippen LogP contribution in [0.15, 0.2) is 11.6 Å². The highest BCUT2D eigenvalue weighted by atomic mass is 16.6. The first-order chi connectivity index (χ1) is 10.1. The molecule has 1 N–H and O–H groups in total. The van der Waals surface area contributed by atoms with Crippen molar-refractivity contribution in [2.75, 3.05) is 33.0 Å². The van der Waals surface area contributed by atoms with Crippen LogP contribution in [0.1, 0.15) is 33.1 Å². The largest absolute Gasteiger partial charge is 0.396 e. The van der Waals surface area contributed by atoms with E-state index in [0.717, 1.165) is 44.7 Å². The number of ether oxygens (including phenoxy) is 3. The Bertz CT molecular complexity index is 370. The zero-order valence-electron chi connectivity index (χ0n) is 13.2. The fourth-order valence-electron chi connectivity index (χ4n) is 3.55. The summed E-state index contributed by atoms with van der Waals surface area (Å²) in [5.74, 6) is 1.70. The van der Waals surface area contributed by atoms with E-state index in [-0.39, 0.29) is 0 Å². The van der Waals surface area contributed by atoms with Crippen LogP contribution >= 0.6 is 0 Å². The Morgan fingerprint density at radius 3 is 2.29 bits per heavy atom. The number of epoxide rings is 2. The molecule has 2 saturated heterocycles. The summed E-state index contributed by atoms with van der Waals surface area (Å²) in [7, 11) is 0. The SMILES string of the molecule is C(OCC1CO1)C1CO1.CC1(C)C2CC=C(CCO)C1C2. The van der Waals surface area contributed by atoms with Crippen LogP contribution in [0.5, 0.6) is 0 Å². The molecule has 2 aliphatic heterocycles. The smallest absolute Gasteiger partial charge is 0.104 e. The highest BCUT2D eigenvalue weighted by Gasteiger charge is 2.50. The topological polar surface area (TPSA) is 54.5 Å². The van der Waals surface area contributed by atoms with E-state index in [9.17, 15) is 0 Å². The van der Waals surface area contributed by atoms with Crippen molar-refractivity contribution in [3.63, 3.8) is 0 Å². The maximum absolute atomic E-state index is 8.88. The fraction of sp³-hybridized carbons (Fsp3) is 0.882. The second-order valence-corrected chi connectivity index (χ2v) is 7.24. The van der Waals surface area contributed by atoms with Crippen LogP contribution in [0.25, 0.3) is 0 Å². The molecule has 0 aromatic carbocycles. The highest BCUT2D eigenvalue weighted by Crippen LogP contribution is 2.59. The second kappa shape index (κ2) is 6.37. The standard InChI is InChI=1S/C11H18O.C6H10O3/c1-11(2)9-4-3-8(5-6-12)10(11)7-9;1(5-3-8-5)7-2-6-4-9-6/h3,9-10,12H,4-7H2,1-2H3;5-6H,1-4H2. The lowest BCUT2D eigenvalue weighted by Crippen LogP contribution is -2.48. The summed E-state index contributed by atoms with van der Waals surface area (Å²) in [5, 5.41) is 8.88. The molecule has 5 aliphatic rings. The molecule has 2 heterocycles. The average Bonchev–Trinajstić information content (AvgIpc) is 3.35. The van der Waals surface area contributed by atoms with Crippen molar-refractivity contribution in [1.82, 2.24) is 0 Å². The van der Waals surface area contributed by atoms with Crippen molar-refractivity contribution in [1.29, 1.82) is 0 Å². The van der Waals surface area contributed by atoms with Crippen LogP contribution in [-0.2, 0) is 14.2 Å². The maximum Gasteiger partial charge on any atom is 0.104 e. The van der Waals surface area contributed by atoms with Gasteiger partial charge < -0.3 is 19.3 Å². The van der Waals surface area contributed by atoms with E-state index in [1.165, 1.54) is 18.4 Å². The number of fused-ring (bicyclic) bond motifs is 1. The first kappa shape index (κ1) is 15.5. The summed E-state index contributed by atoms with van der Waals surface area (Å²) in [6, 6.07) is 0. The molecule has 4 nitrogen and oxygen atoms in total. The van der Waals surface area contributed by atoms with E-state index in [2.05, 4.69) is 19.9 Å². The summed E-state index contributed by atoms with van der Waals surface area (Å²) in [6.45, 7) is 8.33. The highest BCUT2D eigenvalue weighted by molar-refractivity contribution is 5.23. The van der Waals surface area contributed by atoms with Gasteiger partial charge in [-0.3, -0.25) is 0 Å². The van der Waals surface area contributed by atoms with E-state index in [4.69, 9.17) is 19.3 Å². The predicted molar refractivity (Wildman–Crippen MR) is 80.1 cm³/mol. The van der Waals surface area contributed by atoms with Crippen molar-refractivity contribution >= 4 is 0 Å². The van der Waals surface area contributed by atoms with E-state index in [0.29, 0.717) is 24.2 Å². The van der Waals surface area contributed by atoms with Gasteiger partial charge in [0.25, 0.3) is 0 Å². The quantitative estimate of drug-likeness (QED) is 0.603. The predicted octanol–water partition coefficient (Wildman–Crippen LogP) is 2.16. The van der Waals surface area contributed by atoms with Crippen LogP contribution < -0.4 is 0 Å². The molecule has 3 fully saturated rings. The van der Waals surface area contributed by atoms with Gasteiger partial charge in [-0.2, -0.15) is 0 Å². The van der Waals surface area contributed by atoms with Crippen LogP contribution in [0, 0.1) is 17.3 Å². The molecule has 0 spiro atoms. The monoisotopic (exact) mass is 296 g/mol. The van der Waals surface area contributed by atoms with Crippen molar-refractivity contribution in [2.45, 2.75) is 45.3 Å². The van der Waals surface area contributed by atoms with Gasteiger partial charge in [-0.05, 0) is 36.5 Å². The summed E-state index contributed by atoms with van der Waals surface area (Å²) < 4.78 is 15.1. The Kier molecular flexibility index (Phi) is 4.69. The average molecular weight is 296 g/mol. The molecule has 5 rings (SSSR count). The molecular formula is C17H28O4. The molecule has 1 saturated carbocycles. The third-order valence-corrected chi connectivity index (χ3v) is 5.40. The molecule has 0 aromatic heterocycles. The van der Waals surface area contributed by atoms with Crippen LogP contribution in [0.3, 0.4) is 0 Å². The van der Waals surface area contributed by atoms with Gasteiger partial charge in [-0.15, -0.1) is 0 Å². The summed E-state index contributed by atoms with van der Waals surface area (Å²) in [6.07, 6.45) is 6.67. The zero-order valence-corrected chi connectivity index (χ0v) is 13.2. The third kappa shape index (κ3) is 3.86. The summed E-state index contributed by atoms with van der Waals surface area (Å²) in [4.78, 5) is 0. The molecule has 3 aliphatic carbocycles. The van der Waals surface area contributed by atoms with Crippen LogP contribution in [0.4, 0.5) is 0 Å². The number of allylic oxidation sites excluding steroid dienone is 1. The van der Waals surface area contributed by atoms with Crippen molar-refractivity contribution in [3.8, 4) is 0 Å². The van der Waals surface area contributed by atoms with E-state index < -0.39 is 0 Å². The van der Waals surface area contributed by atoms with Gasteiger partial charge in [-0.25, -0.2) is 0 Å². The van der Waals surface area contributed by atoms with Gasteiger partial charge >= 0.3 is 0 Å². The van der Waals surface area contributed by atoms with Crippen molar-refractivity contribution in [2.24, 2.45) is 17.3 Å². The number of hydrogen-bond acceptors (Lipinski definition) is 4. The Balaban J connectivity index is 0.000000131. The maximum atomic E-state index is 8.88. The Morgan fingerprint density at radius 1 is 1.24 bits per heavy atom. The van der Waals surface area contributed by atoms with E-state index in [1.54, 1.807) is 0 Å². The zero-order chi connectivity index (χ0) is 14.9. The minimum Gasteiger partial charge on any atom is -0.396 e. The molecule has 4 heteroatoms. The molecule has 120 valence electrons. The molecule has 4 unspecified atom stereocenters. The first-order valence-corrected chi connectivity index (χ1v) is 8.22. The van der Waals surface area contributed by atoms with Gasteiger partial charge in [0.15, 0.2) is 0 Å². The normalized spacial score (nSPS) is 37.8. The van der Waals surface area contributed by atoms with E-state index in [1.807, 2.05) is 0 Å². The van der Waals surface area contributed by atoms with E-state index >= 15 is 0 Å². The lowest BCUT2D eigenvalue weighted by molar-refractivity contribution is -0.00943.